The molecule has 0 radical (unpaired) electrons. The number of nitrogens with zero attached hydrogens (tertiary/aromatic N) is 3. The molecule has 0 unspecified atom stereocenters. The Labute approximate surface area is 153 Å². The molecule has 1 N–H and O–H groups in total. The minimum atomic E-state index is -4.61. The van der Waals surface area contributed by atoms with Gasteiger partial charge in [-0.25, -0.2) is 13.1 Å². The van der Waals surface area contributed by atoms with Crippen LogP contribution in [0.15, 0.2) is 59.9 Å². The third kappa shape index (κ3) is 4.52. The Hall–Kier alpha value is -2.72. The van der Waals surface area contributed by atoms with E-state index in [-0.39, 0.29) is 6.54 Å². The van der Waals surface area contributed by atoms with E-state index in [0.29, 0.717) is 17.3 Å². The molecule has 0 bridgehead atoms. The Morgan fingerprint density at radius 1 is 1.15 bits per heavy atom. The van der Waals surface area contributed by atoms with Gasteiger partial charge in [-0.15, -0.1) is 0 Å². The van der Waals surface area contributed by atoms with E-state index in [1.54, 1.807) is 36.3 Å². The van der Waals surface area contributed by atoms with Gasteiger partial charge in [0.05, 0.1) is 22.3 Å². The number of halogens is 3. The van der Waals surface area contributed by atoms with Crippen molar-refractivity contribution < 1.29 is 21.6 Å². The summed E-state index contributed by atoms with van der Waals surface area (Å²) in [7, 11) is -2.31. The molecule has 3 rings (SSSR count). The lowest BCUT2D eigenvalue weighted by atomic mass is 10.2. The molecule has 0 aliphatic carbocycles. The van der Waals surface area contributed by atoms with Crippen LogP contribution in [0.3, 0.4) is 0 Å². The summed E-state index contributed by atoms with van der Waals surface area (Å²) in [6.07, 6.45) is 0.325. The van der Waals surface area contributed by atoms with Gasteiger partial charge in [-0.05, 0) is 29.8 Å². The van der Waals surface area contributed by atoms with Crippen LogP contribution in [0, 0.1) is 0 Å². The van der Waals surface area contributed by atoms with E-state index in [4.69, 9.17) is 0 Å². The van der Waals surface area contributed by atoms with Crippen LogP contribution in [-0.2, 0) is 29.8 Å². The van der Waals surface area contributed by atoms with E-state index < -0.39 is 26.7 Å². The Kier molecular flexibility index (Phi) is 5.03. The molecular formula is C17H15F3N4O2S. The summed E-state index contributed by atoms with van der Waals surface area (Å²) >= 11 is 0. The number of benzene rings is 1. The normalized spacial score (nSPS) is 12.3. The molecule has 0 atom stereocenters. The van der Waals surface area contributed by atoms with Gasteiger partial charge in [0, 0.05) is 31.5 Å². The predicted molar refractivity (Wildman–Crippen MR) is 91.9 cm³/mol. The number of nitrogens with one attached hydrogen (secondary N) is 1. The second-order valence-corrected chi connectivity index (χ2v) is 7.57. The SMILES string of the molecule is Cn1cc(-c2ccc(CNS(=O)(=O)c3cccc(C(F)(F)F)c3)cn2)cn1. The minimum absolute atomic E-state index is 0.0983. The van der Waals surface area contributed by atoms with Crippen molar-refractivity contribution >= 4 is 10.0 Å². The van der Waals surface area contributed by atoms with Crippen molar-refractivity contribution in [2.45, 2.75) is 17.6 Å². The minimum Gasteiger partial charge on any atom is -0.275 e. The monoisotopic (exact) mass is 396 g/mol. The molecule has 142 valence electrons. The van der Waals surface area contributed by atoms with Crippen LogP contribution < -0.4 is 4.72 Å². The predicted octanol–water partition coefficient (Wildman–Crippen LogP) is 2.98. The maximum absolute atomic E-state index is 12.8. The highest BCUT2D eigenvalue weighted by Crippen LogP contribution is 2.30. The van der Waals surface area contributed by atoms with E-state index in [0.717, 1.165) is 23.8 Å². The number of hydrogen-bond donors (Lipinski definition) is 1. The fourth-order valence-electron chi connectivity index (χ4n) is 2.35. The molecular weight excluding hydrogens is 381 g/mol. The molecule has 0 saturated carbocycles. The first kappa shape index (κ1) is 19.1. The van der Waals surface area contributed by atoms with E-state index in [2.05, 4.69) is 14.8 Å². The zero-order valence-corrected chi connectivity index (χ0v) is 14.9. The zero-order valence-electron chi connectivity index (χ0n) is 14.1. The number of hydrogen-bond acceptors (Lipinski definition) is 4. The number of aromatic nitrogens is 3. The second kappa shape index (κ2) is 7.12. The summed E-state index contributed by atoms with van der Waals surface area (Å²) in [5, 5.41) is 4.05. The van der Waals surface area contributed by atoms with Crippen molar-refractivity contribution in [1.82, 2.24) is 19.5 Å². The molecule has 1 aromatic carbocycles. The van der Waals surface area contributed by atoms with Crippen molar-refractivity contribution in [3.63, 3.8) is 0 Å². The fourth-order valence-corrected chi connectivity index (χ4v) is 3.42. The molecule has 2 aromatic heterocycles. The number of rotatable bonds is 5. The van der Waals surface area contributed by atoms with Crippen LogP contribution in [0.1, 0.15) is 11.1 Å². The summed E-state index contributed by atoms with van der Waals surface area (Å²) in [4.78, 5) is 3.80. The van der Waals surface area contributed by atoms with Gasteiger partial charge < -0.3 is 0 Å². The van der Waals surface area contributed by atoms with Crippen LogP contribution in [-0.4, -0.2) is 23.2 Å². The maximum Gasteiger partial charge on any atom is 0.416 e. The Morgan fingerprint density at radius 3 is 2.52 bits per heavy atom. The van der Waals surface area contributed by atoms with Gasteiger partial charge in [0.1, 0.15) is 0 Å². The first-order chi connectivity index (χ1) is 12.6. The lowest BCUT2D eigenvalue weighted by Gasteiger charge is -2.10. The Bertz CT molecular complexity index is 1040. The van der Waals surface area contributed by atoms with Gasteiger partial charge >= 0.3 is 6.18 Å². The molecule has 6 nitrogen and oxygen atoms in total. The quantitative estimate of drug-likeness (QED) is 0.719. The number of alkyl halides is 3. The number of aryl methyl sites for hydroxylation is 1. The van der Waals surface area contributed by atoms with E-state index in [1.807, 2.05) is 0 Å². The number of pyridine rings is 1. The average molecular weight is 396 g/mol. The molecule has 0 aliphatic heterocycles. The highest BCUT2D eigenvalue weighted by molar-refractivity contribution is 7.89. The van der Waals surface area contributed by atoms with Gasteiger partial charge in [-0.1, -0.05) is 12.1 Å². The molecule has 0 aliphatic rings. The molecule has 0 fully saturated rings. The van der Waals surface area contributed by atoms with E-state index in [1.165, 1.54) is 6.20 Å². The average Bonchev–Trinajstić information content (AvgIpc) is 3.06. The molecule has 27 heavy (non-hydrogen) atoms. The summed E-state index contributed by atoms with van der Waals surface area (Å²) in [5.41, 5.74) is 1.03. The molecule has 3 aromatic rings. The molecule has 2 heterocycles. The fraction of sp³-hybridized carbons (Fsp3) is 0.176. The Morgan fingerprint density at radius 2 is 1.93 bits per heavy atom. The van der Waals surface area contributed by atoms with Crippen LogP contribution in [0.2, 0.25) is 0 Å². The van der Waals surface area contributed by atoms with Crippen molar-refractivity contribution in [2.75, 3.05) is 0 Å². The topological polar surface area (TPSA) is 76.9 Å². The summed E-state index contributed by atoms with van der Waals surface area (Å²) in [6.45, 7) is -0.0983. The van der Waals surface area contributed by atoms with Gasteiger partial charge in [0.2, 0.25) is 10.0 Å². The van der Waals surface area contributed by atoms with Crippen molar-refractivity contribution in [3.05, 3.63) is 66.1 Å². The first-order valence-corrected chi connectivity index (χ1v) is 9.24. The highest BCUT2D eigenvalue weighted by atomic mass is 32.2. The Balaban J connectivity index is 1.72. The van der Waals surface area contributed by atoms with Gasteiger partial charge in [-0.2, -0.15) is 18.3 Å². The smallest absolute Gasteiger partial charge is 0.275 e. The van der Waals surface area contributed by atoms with Gasteiger partial charge in [0.25, 0.3) is 0 Å². The molecule has 0 amide bonds. The van der Waals surface area contributed by atoms with Crippen molar-refractivity contribution in [1.29, 1.82) is 0 Å². The largest absolute Gasteiger partial charge is 0.416 e. The van der Waals surface area contributed by atoms with E-state index >= 15 is 0 Å². The first-order valence-electron chi connectivity index (χ1n) is 7.76. The lowest BCUT2D eigenvalue weighted by molar-refractivity contribution is -0.137. The number of sulfonamides is 1. The maximum atomic E-state index is 12.8. The third-order valence-corrected chi connectivity index (χ3v) is 5.16. The van der Waals surface area contributed by atoms with Crippen LogP contribution >= 0.6 is 0 Å². The summed E-state index contributed by atoms with van der Waals surface area (Å²) < 4.78 is 66.7. The van der Waals surface area contributed by atoms with Crippen molar-refractivity contribution in [2.24, 2.45) is 7.05 Å². The standard InChI is InChI=1S/C17H15F3N4O2S/c1-24-11-13(10-22-24)16-6-5-12(8-21-16)9-23-27(25,26)15-4-2-3-14(7-15)17(18,19)20/h2-8,10-11,23H,9H2,1H3. The highest BCUT2D eigenvalue weighted by Gasteiger charge is 2.31. The summed E-state index contributed by atoms with van der Waals surface area (Å²) in [6, 6.07) is 6.99. The summed E-state index contributed by atoms with van der Waals surface area (Å²) in [5.74, 6) is 0. The third-order valence-electron chi connectivity index (χ3n) is 3.76. The van der Waals surface area contributed by atoms with Gasteiger partial charge in [-0.3, -0.25) is 9.67 Å². The second-order valence-electron chi connectivity index (χ2n) is 5.80. The lowest BCUT2D eigenvalue weighted by Crippen LogP contribution is -2.23. The molecule has 0 spiro atoms. The molecule has 0 saturated heterocycles. The van der Waals surface area contributed by atoms with Gasteiger partial charge in [0.15, 0.2) is 0 Å². The zero-order chi connectivity index (χ0) is 19.7. The van der Waals surface area contributed by atoms with Crippen LogP contribution in [0.4, 0.5) is 13.2 Å². The van der Waals surface area contributed by atoms with E-state index in [9.17, 15) is 21.6 Å². The van der Waals surface area contributed by atoms with Crippen LogP contribution in [0.5, 0.6) is 0 Å². The van der Waals surface area contributed by atoms with Crippen LogP contribution in [0.25, 0.3) is 11.3 Å². The molecule has 10 heteroatoms. The van der Waals surface area contributed by atoms with Crippen molar-refractivity contribution in [3.8, 4) is 11.3 Å².